The molecule has 0 heterocycles. The average molecular weight is 372 g/mol. The Hall–Kier alpha value is -3.42. The number of ether oxygens (including phenoxy) is 1. The first-order valence-corrected chi connectivity index (χ1v) is 8.40. The number of non-ortho nitro benzene ring substituents is 1. The van der Waals surface area contributed by atoms with Crippen LogP contribution in [0.15, 0.2) is 48.5 Å². The second kappa shape index (κ2) is 9.33. The Labute approximate surface area is 155 Å². The van der Waals surface area contributed by atoms with Gasteiger partial charge in [0.2, 0.25) is 0 Å². The van der Waals surface area contributed by atoms with Crippen molar-refractivity contribution in [3.8, 4) is 5.75 Å². The van der Waals surface area contributed by atoms with Gasteiger partial charge in [0.05, 0.1) is 24.0 Å². The molecule has 8 nitrogen and oxygen atoms in total. The summed E-state index contributed by atoms with van der Waals surface area (Å²) in [6.45, 7) is 2.56. The number of aliphatic carboxylic acids is 1. The predicted octanol–water partition coefficient (Wildman–Crippen LogP) is 3.33. The average Bonchev–Trinajstić information content (AvgIpc) is 2.66. The molecular weight excluding hydrogens is 352 g/mol. The van der Waals surface area contributed by atoms with Crippen molar-refractivity contribution in [2.24, 2.45) is 0 Å². The molecule has 2 aromatic rings. The minimum absolute atomic E-state index is 0.0856. The van der Waals surface area contributed by atoms with Crippen LogP contribution in [0.3, 0.4) is 0 Å². The molecule has 0 aromatic heterocycles. The zero-order chi connectivity index (χ0) is 19.8. The fourth-order valence-corrected chi connectivity index (χ4v) is 2.45. The lowest BCUT2D eigenvalue weighted by molar-refractivity contribution is -0.384. The molecule has 8 heteroatoms. The Morgan fingerprint density at radius 3 is 2.52 bits per heavy atom. The summed E-state index contributed by atoms with van der Waals surface area (Å²) >= 11 is 0. The highest BCUT2D eigenvalue weighted by Crippen LogP contribution is 2.22. The van der Waals surface area contributed by atoms with E-state index in [1.54, 1.807) is 24.3 Å². The van der Waals surface area contributed by atoms with Crippen molar-refractivity contribution in [1.82, 2.24) is 5.32 Å². The van der Waals surface area contributed by atoms with Gasteiger partial charge in [0, 0.05) is 17.7 Å². The van der Waals surface area contributed by atoms with E-state index in [1.807, 2.05) is 6.92 Å². The maximum Gasteiger partial charge on any atom is 0.305 e. The Kier molecular flexibility index (Phi) is 6.87. The van der Waals surface area contributed by atoms with E-state index >= 15 is 0 Å². The third-order valence-corrected chi connectivity index (χ3v) is 3.76. The molecule has 27 heavy (non-hydrogen) atoms. The van der Waals surface area contributed by atoms with E-state index in [9.17, 15) is 19.7 Å². The molecule has 0 unspecified atom stereocenters. The first-order valence-electron chi connectivity index (χ1n) is 8.40. The van der Waals surface area contributed by atoms with Crippen LogP contribution in [-0.2, 0) is 4.79 Å². The highest BCUT2D eigenvalue weighted by molar-refractivity contribution is 5.95. The number of nitrogens with zero attached hydrogens (tertiary/aromatic N) is 1. The van der Waals surface area contributed by atoms with Gasteiger partial charge in [-0.3, -0.25) is 19.7 Å². The Balaban J connectivity index is 2.18. The molecule has 0 aliphatic rings. The van der Waals surface area contributed by atoms with Crippen molar-refractivity contribution < 1.29 is 24.4 Å². The second-order valence-electron chi connectivity index (χ2n) is 5.85. The van der Waals surface area contributed by atoms with Crippen molar-refractivity contribution in [3.63, 3.8) is 0 Å². The fourth-order valence-electron chi connectivity index (χ4n) is 2.45. The van der Waals surface area contributed by atoms with Crippen LogP contribution in [0, 0.1) is 10.1 Å². The molecule has 0 radical (unpaired) electrons. The van der Waals surface area contributed by atoms with Crippen LogP contribution in [0.1, 0.15) is 41.7 Å². The largest absolute Gasteiger partial charge is 0.494 e. The molecule has 0 aliphatic carbocycles. The van der Waals surface area contributed by atoms with E-state index < -0.39 is 22.8 Å². The molecule has 1 atom stereocenters. The molecule has 0 spiro atoms. The molecule has 1 amide bonds. The minimum atomic E-state index is -1.08. The topological polar surface area (TPSA) is 119 Å². The Morgan fingerprint density at radius 1 is 1.22 bits per heavy atom. The molecule has 0 aliphatic heterocycles. The van der Waals surface area contributed by atoms with Crippen LogP contribution in [0.2, 0.25) is 0 Å². The predicted molar refractivity (Wildman–Crippen MR) is 97.8 cm³/mol. The molecular formula is C19H20N2O6. The van der Waals surface area contributed by atoms with E-state index in [-0.39, 0.29) is 17.7 Å². The van der Waals surface area contributed by atoms with Crippen molar-refractivity contribution in [1.29, 1.82) is 0 Å². The quantitative estimate of drug-likeness (QED) is 0.515. The fraction of sp³-hybridized carbons (Fsp3) is 0.263. The molecule has 0 fully saturated rings. The lowest BCUT2D eigenvalue weighted by Crippen LogP contribution is -2.30. The van der Waals surface area contributed by atoms with E-state index in [0.717, 1.165) is 12.5 Å². The normalized spacial score (nSPS) is 11.4. The van der Waals surface area contributed by atoms with Crippen LogP contribution in [0.25, 0.3) is 0 Å². The van der Waals surface area contributed by atoms with Crippen LogP contribution in [0.4, 0.5) is 5.69 Å². The van der Waals surface area contributed by atoms with Gasteiger partial charge in [-0.15, -0.1) is 0 Å². The number of hydrogen-bond acceptors (Lipinski definition) is 5. The number of rotatable bonds is 9. The number of hydrogen-bond donors (Lipinski definition) is 2. The summed E-state index contributed by atoms with van der Waals surface area (Å²) in [4.78, 5) is 33.9. The molecule has 0 saturated carbocycles. The number of amides is 1. The highest BCUT2D eigenvalue weighted by atomic mass is 16.6. The molecule has 2 aromatic carbocycles. The third-order valence-electron chi connectivity index (χ3n) is 3.76. The van der Waals surface area contributed by atoms with Crippen LogP contribution < -0.4 is 10.1 Å². The Bertz CT molecular complexity index is 819. The van der Waals surface area contributed by atoms with Gasteiger partial charge in [-0.1, -0.05) is 25.1 Å². The molecule has 0 bridgehead atoms. The summed E-state index contributed by atoms with van der Waals surface area (Å²) in [5.74, 6) is -1.01. The highest BCUT2D eigenvalue weighted by Gasteiger charge is 2.20. The number of carboxylic acids is 1. The summed E-state index contributed by atoms with van der Waals surface area (Å²) in [5, 5.41) is 22.6. The van der Waals surface area contributed by atoms with Gasteiger partial charge in [-0.2, -0.15) is 0 Å². The van der Waals surface area contributed by atoms with E-state index in [0.29, 0.717) is 17.9 Å². The summed E-state index contributed by atoms with van der Waals surface area (Å²) in [5.41, 5.74) is 0.470. The summed E-state index contributed by atoms with van der Waals surface area (Å²) < 4.78 is 5.49. The number of benzene rings is 2. The second-order valence-corrected chi connectivity index (χ2v) is 5.85. The molecule has 142 valence electrons. The molecule has 2 N–H and O–H groups in total. The number of nitrogens with one attached hydrogen (secondary N) is 1. The summed E-state index contributed by atoms with van der Waals surface area (Å²) in [7, 11) is 0. The number of carbonyl (C=O) groups excluding carboxylic acids is 1. The lowest BCUT2D eigenvalue weighted by Gasteiger charge is -2.18. The van der Waals surface area contributed by atoms with Crippen molar-refractivity contribution in [2.45, 2.75) is 25.8 Å². The first-order chi connectivity index (χ1) is 12.9. The van der Waals surface area contributed by atoms with Crippen LogP contribution >= 0.6 is 0 Å². The summed E-state index contributed by atoms with van der Waals surface area (Å²) in [6, 6.07) is 11.3. The van der Waals surface area contributed by atoms with Crippen LogP contribution in [0.5, 0.6) is 5.75 Å². The number of nitro groups is 1. The van der Waals surface area contributed by atoms with E-state index in [1.165, 1.54) is 18.2 Å². The lowest BCUT2D eigenvalue weighted by atomic mass is 10.0. The van der Waals surface area contributed by atoms with Crippen molar-refractivity contribution >= 4 is 17.6 Å². The maximum atomic E-state index is 12.4. The number of nitro benzene ring substituents is 1. The number of carbonyl (C=O) groups is 2. The van der Waals surface area contributed by atoms with Gasteiger partial charge >= 0.3 is 5.97 Å². The van der Waals surface area contributed by atoms with Crippen molar-refractivity contribution in [2.75, 3.05) is 6.61 Å². The van der Waals surface area contributed by atoms with Crippen molar-refractivity contribution in [3.05, 3.63) is 69.8 Å². The third kappa shape index (κ3) is 5.81. The van der Waals surface area contributed by atoms with Gasteiger partial charge in [0.25, 0.3) is 11.6 Å². The standard InChI is InChI=1S/C19H20N2O6/c1-2-10-27-16-8-6-13(7-9-16)17(12-18(22)23)20-19(24)14-4-3-5-15(11-14)21(25)26/h3-9,11,17H,2,10,12H2,1H3,(H,20,24)(H,22,23)/t17-/m1/s1. The number of carboxylic acid groups (broad SMARTS) is 1. The molecule has 2 rings (SSSR count). The zero-order valence-electron chi connectivity index (χ0n) is 14.8. The smallest absolute Gasteiger partial charge is 0.305 e. The first kappa shape index (κ1) is 19.9. The summed E-state index contributed by atoms with van der Waals surface area (Å²) in [6.07, 6.45) is 0.540. The monoisotopic (exact) mass is 372 g/mol. The Morgan fingerprint density at radius 2 is 1.93 bits per heavy atom. The van der Waals surface area contributed by atoms with E-state index in [4.69, 9.17) is 9.84 Å². The zero-order valence-corrected chi connectivity index (χ0v) is 14.8. The van der Waals surface area contributed by atoms with Gasteiger partial charge in [-0.25, -0.2) is 0 Å². The van der Waals surface area contributed by atoms with Gasteiger partial charge in [0.1, 0.15) is 5.75 Å². The molecule has 0 saturated heterocycles. The van der Waals surface area contributed by atoms with Crippen LogP contribution in [-0.4, -0.2) is 28.5 Å². The SMILES string of the molecule is CCCOc1ccc([C@@H](CC(=O)O)NC(=O)c2cccc([N+](=O)[O-])c2)cc1. The van der Waals surface area contributed by atoms with Gasteiger partial charge < -0.3 is 15.2 Å². The van der Waals surface area contributed by atoms with Gasteiger partial charge in [0.15, 0.2) is 0 Å². The maximum absolute atomic E-state index is 12.4. The van der Waals surface area contributed by atoms with E-state index in [2.05, 4.69) is 5.32 Å². The minimum Gasteiger partial charge on any atom is -0.494 e. The van der Waals surface area contributed by atoms with Gasteiger partial charge in [-0.05, 0) is 30.2 Å².